The summed E-state index contributed by atoms with van der Waals surface area (Å²) in [7, 11) is 0. The third kappa shape index (κ3) is 5.09. The molecule has 4 rings (SSSR count). The van der Waals surface area contributed by atoms with E-state index in [4.69, 9.17) is 20.9 Å². The number of ether oxygens (including phenoxy) is 1. The first kappa shape index (κ1) is 21.8. The van der Waals surface area contributed by atoms with Crippen molar-refractivity contribution in [3.8, 4) is 27.6 Å². The number of carbonyl (C=O) groups excluding carboxylic acids is 1. The lowest BCUT2D eigenvalue weighted by molar-refractivity contribution is -0.133. The van der Waals surface area contributed by atoms with Gasteiger partial charge in [-0.05, 0) is 24.5 Å². The summed E-state index contributed by atoms with van der Waals surface area (Å²) in [6.45, 7) is 3.12. The molecule has 0 aliphatic carbocycles. The predicted octanol–water partition coefficient (Wildman–Crippen LogP) is 3.36. The molecule has 3 heterocycles. The molecule has 162 valence electrons. The van der Waals surface area contributed by atoms with Gasteiger partial charge in [-0.1, -0.05) is 12.1 Å². The molecule has 1 fully saturated rings. The molecule has 1 saturated heterocycles. The fourth-order valence-corrected chi connectivity index (χ4v) is 5.94. The van der Waals surface area contributed by atoms with Crippen LogP contribution in [0.25, 0.3) is 21.8 Å². The molecule has 1 amide bonds. The first-order valence-corrected chi connectivity index (χ1v) is 12.7. The minimum absolute atomic E-state index is 0.00572. The fraction of sp³-hybridized carbons (Fsp3) is 0.286. The SMILES string of the molecule is CSc1sc(C(=N)N)cc1-c1nc(-c2cccc(OCC(=O)N3CCNCC3)c2)cs1. The lowest BCUT2D eigenvalue weighted by atomic mass is 10.1. The van der Waals surface area contributed by atoms with Crippen LogP contribution in [0.3, 0.4) is 0 Å². The summed E-state index contributed by atoms with van der Waals surface area (Å²) in [6.07, 6.45) is 2.01. The van der Waals surface area contributed by atoms with Crippen molar-refractivity contribution in [2.45, 2.75) is 4.21 Å². The first-order chi connectivity index (χ1) is 15.0. The molecule has 0 radical (unpaired) electrons. The average molecular weight is 474 g/mol. The van der Waals surface area contributed by atoms with E-state index in [0.717, 1.165) is 57.1 Å². The lowest BCUT2D eigenvalue weighted by Gasteiger charge is -2.27. The number of thiophene rings is 1. The number of piperazine rings is 1. The van der Waals surface area contributed by atoms with Gasteiger partial charge in [0.1, 0.15) is 16.6 Å². The van der Waals surface area contributed by atoms with E-state index in [0.29, 0.717) is 5.75 Å². The second-order valence-electron chi connectivity index (χ2n) is 6.91. The Kier molecular flexibility index (Phi) is 6.91. The van der Waals surface area contributed by atoms with Crippen molar-refractivity contribution < 1.29 is 9.53 Å². The van der Waals surface area contributed by atoms with Gasteiger partial charge in [0.2, 0.25) is 0 Å². The maximum absolute atomic E-state index is 12.3. The van der Waals surface area contributed by atoms with Gasteiger partial charge in [0.05, 0.1) is 14.8 Å². The van der Waals surface area contributed by atoms with Crippen LogP contribution in [0.5, 0.6) is 5.75 Å². The average Bonchev–Trinajstić information content (AvgIpc) is 3.45. The molecule has 1 aliphatic heterocycles. The van der Waals surface area contributed by atoms with Gasteiger partial charge in [0.25, 0.3) is 5.91 Å². The van der Waals surface area contributed by atoms with Gasteiger partial charge >= 0.3 is 0 Å². The lowest BCUT2D eigenvalue weighted by Crippen LogP contribution is -2.47. The van der Waals surface area contributed by atoms with Crippen LogP contribution < -0.4 is 15.8 Å². The quantitative estimate of drug-likeness (QED) is 0.276. The fourth-order valence-electron chi connectivity index (χ4n) is 3.23. The van der Waals surface area contributed by atoms with Gasteiger partial charge in [-0.15, -0.1) is 34.4 Å². The maximum atomic E-state index is 12.3. The molecule has 31 heavy (non-hydrogen) atoms. The number of hydrogen-bond donors (Lipinski definition) is 3. The Labute approximate surface area is 193 Å². The third-order valence-electron chi connectivity index (χ3n) is 4.85. The molecule has 0 atom stereocenters. The number of nitrogens with one attached hydrogen (secondary N) is 2. The van der Waals surface area contributed by atoms with Crippen LogP contribution in [0.4, 0.5) is 0 Å². The van der Waals surface area contributed by atoms with Crippen LogP contribution in [0, 0.1) is 5.41 Å². The summed E-state index contributed by atoms with van der Waals surface area (Å²) in [6, 6.07) is 9.58. The van der Waals surface area contributed by atoms with Gasteiger partial charge < -0.3 is 20.7 Å². The number of nitrogens with zero attached hydrogens (tertiary/aromatic N) is 2. The van der Waals surface area contributed by atoms with Crippen molar-refractivity contribution in [2.24, 2.45) is 5.73 Å². The van der Waals surface area contributed by atoms with Crippen LogP contribution in [-0.4, -0.2) is 60.7 Å². The molecule has 0 bridgehead atoms. The number of amidine groups is 1. The van der Waals surface area contributed by atoms with E-state index in [1.165, 1.54) is 11.3 Å². The first-order valence-electron chi connectivity index (χ1n) is 9.75. The van der Waals surface area contributed by atoms with Gasteiger partial charge in [-0.3, -0.25) is 10.2 Å². The predicted molar refractivity (Wildman–Crippen MR) is 129 cm³/mol. The van der Waals surface area contributed by atoms with E-state index >= 15 is 0 Å². The molecule has 0 spiro atoms. The van der Waals surface area contributed by atoms with Crippen molar-refractivity contribution >= 4 is 46.2 Å². The monoisotopic (exact) mass is 473 g/mol. The second-order valence-corrected chi connectivity index (χ2v) is 9.90. The van der Waals surface area contributed by atoms with Crippen LogP contribution in [0.2, 0.25) is 0 Å². The molecule has 0 unspecified atom stereocenters. The third-order valence-corrected chi connectivity index (χ3v) is 8.02. The summed E-state index contributed by atoms with van der Waals surface area (Å²) in [5.74, 6) is 0.726. The summed E-state index contributed by atoms with van der Waals surface area (Å²) in [5, 5.41) is 13.8. The Balaban J connectivity index is 1.48. The molecule has 7 nitrogen and oxygen atoms in total. The van der Waals surface area contributed by atoms with E-state index in [-0.39, 0.29) is 18.3 Å². The summed E-state index contributed by atoms with van der Waals surface area (Å²) < 4.78 is 6.86. The molecule has 0 saturated carbocycles. The maximum Gasteiger partial charge on any atom is 0.260 e. The van der Waals surface area contributed by atoms with Crippen LogP contribution >= 0.6 is 34.4 Å². The number of thiazole rings is 1. The molecule has 1 aliphatic rings. The highest BCUT2D eigenvalue weighted by atomic mass is 32.2. The summed E-state index contributed by atoms with van der Waals surface area (Å²) in [4.78, 5) is 19.7. The summed E-state index contributed by atoms with van der Waals surface area (Å²) >= 11 is 4.70. The number of rotatable bonds is 7. The van der Waals surface area contributed by atoms with Crippen molar-refractivity contribution in [3.63, 3.8) is 0 Å². The number of hydrogen-bond acceptors (Lipinski definition) is 8. The van der Waals surface area contributed by atoms with Crippen LogP contribution in [-0.2, 0) is 4.79 Å². The molecular formula is C21H23N5O2S3. The minimum atomic E-state index is 0.00572. The van der Waals surface area contributed by atoms with E-state index in [1.54, 1.807) is 23.1 Å². The minimum Gasteiger partial charge on any atom is -0.484 e. The van der Waals surface area contributed by atoms with Gasteiger partial charge in [0, 0.05) is 42.7 Å². The zero-order valence-corrected chi connectivity index (χ0v) is 19.5. The second kappa shape index (κ2) is 9.82. The van der Waals surface area contributed by atoms with E-state index in [1.807, 2.05) is 46.9 Å². The van der Waals surface area contributed by atoms with E-state index in [9.17, 15) is 4.79 Å². The molecule has 4 N–H and O–H groups in total. The van der Waals surface area contributed by atoms with Gasteiger partial charge in [0.15, 0.2) is 6.61 Å². The largest absolute Gasteiger partial charge is 0.484 e. The number of benzene rings is 1. The topological polar surface area (TPSA) is 104 Å². The molecule has 1 aromatic carbocycles. The van der Waals surface area contributed by atoms with Crippen molar-refractivity contribution in [2.75, 3.05) is 39.0 Å². The smallest absolute Gasteiger partial charge is 0.260 e. The Bertz CT molecular complexity index is 1090. The zero-order chi connectivity index (χ0) is 21.8. The molecule has 3 aromatic rings. The zero-order valence-electron chi connectivity index (χ0n) is 17.0. The highest BCUT2D eigenvalue weighted by Gasteiger charge is 2.18. The van der Waals surface area contributed by atoms with Crippen LogP contribution in [0.1, 0.15) is 4.88 Å². The number of amides is 1. The van der Waals surface area contributed by atoms with Gasteiger partial charge in [-0.25, -0.2) is 4.98 Å². The Morgan fingerprint density at radius 2 is 2.16 bits per heavy atom. The number of thioether (sulfide) groups is 1. The number of carbonyl (C=O) groups is 1. The van der Waals surface area contributed by atoms with Crippen molar-refractivity contribution in [1.82, 2.24) is 15.2 Å². The molecule has 2 aromatic heterocycles. The number of nitrogens with two attached hydrogens (primary N) is 1. The Hall–Kier alpha value is -2.40. The highest BCUT2D eigenvalue weighted by molar-refractivity contribution is 8.00. The Morgan fingerprint density at radius 1 is 1.35 bits per heavy atom. The molecular weight excluding hydrogens is 450 g/mol. The molecule has 10 heteroatoms. The van der Waals surface area contributed by atoms with Crippen LogP contribution in [0.15, 0.2) is 39.9 Å². The normalized spacial score (nSPS) is 13.9. The van der Waals surface area contributed by atoms with Gasteiger partial charge in [-0.2, -0.15) is 0 Å². The van der Waals surface area contributed by atoms with E-state index in [2.05, 4.69) is 5.32 Å². The summed E-state index contributed by atoms with van der Waals surface area (Å²) in [5.41, 5.74) is 8.45. The van der Waals surface area contributed by atoms with Crippen molar-refractivity contribution in [3.05, 3.63) is 40.6 Å². The highest BCUT2D eigenvalue weighted by Crippen LogP contribution is 2.40. The van der Waals surface area contributed by atoms with E-state index < -0.39 is 0 Å². The standard InChI is InChI=1S/C21H23N5O2S3/c1-29-21-15(10-17(31-21)19(22)23)20-25-16(12-30-20)13-3-2-4-14(9-13)28-11-18(27)26-7-5-24-6-8-26/h2-4,9-10,12,24H,5-8,11H2,1H3,(H3,22,23). The number of aromatic nitrogens is 1. The number of nitrogen functional groups attached to an aromatic ring is 1. The van der Waals surface area contributed by atoms with Crippen molar-refractivity contribution in [1.29, 1.82) is 5.41 Å². The Morgan fingerprint density at radius 3 is 2.90 bits per heavy atom.